The number of halogens is 1. The number of hydrogen-bond donors (Lipinski definition) is 1. The highest BCUT2D eigenvalue weighted by molar-refractivity contribution is 9.10. The number of aromatic nitrogens is 1. The SMILES string of the molecule is CCOC(=O)c1csc(Nc2ccc(Br)c(C)c2)n1. The number of ether oxygens (including phenoxy) is 1. The number of nitrogens with one attached hydrogen (secondary N) is 1. The average Bonchev–Trinajstić information content (AvgIpc) is 2.83. The first-order valence-electron chi connectivity index (χ1n) is 5.76. The number of carbonyl (C=O) groups excluding carboxylic acids is 1. The third kappa shape index (κ3) is 3.54. The zero-order valence-electron chi connectivity index (χ0n) is 10.6. The van der Waals surface area contributed by atoms with Crippen LogP contribution < -0.4 is 5.32 Å². The van der Waals surface area contributed by atoms with Gasteiger partial charge in [0.05, 0.1) is 6.61 Å². The van der Waals surface area contributed by atoms with Gasteiger partial charge in [-0.15, -0.1) is 11.3 Å². The van der Waals surface area contributed by atoms with Gasteiger partial charge in [-0.3, -0.25) is 0 Å². The Morgan fingerprint density at radius 1 is 1.53 bits per heavy atom. The molecule has 0 aliphatic carbocycles. The Hall–Kier alpha value is -1.40. The molecule has 2 aromatic rings. The Bertz CT molecular complexity index is 598. The second-order valence-electron chi connectivity index (χ2n) is 3.85. The van der Waals surface area contributed by atoms with Crippen molar-refractivity contribution in [3.8, 4) is 0 Å². The Kier molecular flexibility index (Phi) is 4.55. The summed E-state index contributed by atoms with van der Waals surface area (Å²) in [5, 5.41) is 5.53. The number of anilines is 2. The van der Waals surface area contributed by atoms with Crippen molar-refractivity contribution in [3.63, 3.8) is 0 Å². The van der Waals surface area contributed by atoms with Gasteiger partial charge in [-0.2, -0.15) is 0 Å². The molecule has 2 rings (SSSR count). The zero-order chi connectivity index (χ0) is 13.8. The van der Waals surface area contributed by atoms with Crippen LogP contribution >= 0.6 is 27.3 Å². The van der Waals surface area contributed by atoms with Crippen LogP contribution in [0, 0.1) is 6.92 Å². The lowest BCUT2D eigenvalue weighted by molar-refractivity contribution is 0.0520. The molecule has 4 nitrogen and oxygen atoms in total. The standard InChI is InChI=1S/C13H13BrN2O2S/c1-3-18-12(17)11-7-19-13(16-11)15-9-4-5-10(14)8(2)6-9/h4-7H,3H2,1-2H3,(H,15,16). The van der Waals surface area contributed by atoms with Crippen LogP contribution in [0.2, 0.25) is 0 Å². The zero-order valence-corrected chi connectivity index (χ0v) is 13.0. The second kappa shape index (κ2) is 6.16. The van der Waals surface area contributed by atoms with E-state index in [-0.39, 0.29) is 0 Å². The summed E-state index contributed by atoms with van der Waals surface area (Å²) in [7, 11) is 0. The van der Waals surface area contributed by atoms with E-state index in [1.54, 1.807) is 12.3 Å². The molecular formula is C13H13BrN2O2S. The van der Waals surface area contributed by atoms with E-state index in [1.165, 1.54) is 11.3 Å². The van der Waals surface area contributed by atoms with E-state index in [4.69, 9.17) is 4.74 Å². The summed E-state index contributed by atoms with van der Waals surface area (Å²) in [6.07, 6.45) is 0. The third-order valence-corrected chi connectivity index (χ3v) is 4.05. The Morgan fingerprint density at radius 3 is 3.00 bits per heavy atom. The minimum Gasteiger partial charge on any atom is -0.461 e. The lowest BCUT2D eigenvalue weighted by Gasteiger charge is -2.04. The molecule has 0 bridgehead atoms. The van der Waals surface area contributed by atoms with Gasteiger partial charge in [-0.05, 0) is 37.6 Å². The molecule has 0 spiro atoms. The van der Waals surface area contributed by atoms with E-state index in [2.05, 4.69) is 26.2 Å². The predicted molar refractivity (Wildman–Crippen MR) is 80.2 cm³/mol. The fraction of sp³-hybridized carbons (Fsp3) is 0.231. The fourth-order valence-corrected chi connectivity index (χ4v) is 2.42. The largest absolute Gasteiger partial charge is 0.461 e. The van der Waals surface area contributed by atoms with Gasteiger partial charge < -0.3 is 10.1 Å². The Morgan fingerprint density at radius 2 is 2.32 bits per heavy atom. The van der Waals surface area contributed by atoms with Gasteiger partial charge in [-0.1, -0.05) is 15.9 Å². The summed E-state index contributed by atoms with van der Waals surface area (Å²) in [6.45, 7) is 4.14. The summed E-state index contributed by atoms with van der Waals surface area (Å²) in [5.74, 6) is -0.390. The topological polar surface area (TPSA) is 51.2 Å². The van der Waals surface area contributed by atoms with E-state index in [0.29, 0.717) is 17.4 Å². The molecule has 0 amide bonds. The monoisotopic (exact) mass is 340 g/mol. The van der Waals surface area contributed by atoms with Crippen LogP contribution in [0.1, 0.15) is 23.0 Å². The molecule has 1 aromatic carbocycles. The van der Waals surface area contributed by atoms with Crippen molar-refractivity contribution in [2.45, 2.75) is 13.8 Å². The van der Waals surface area contributed by atoms with E-state index in [0.717, 1.165) is 15.7 Å². The van der Waals surface area contributed by atoms with E-state index >= 15 is 0 Å². The van der Waals surface area contributed by atoms with E-state index < -0.39 is 5.97 Å². The summed E-state index contributed by atoms with van der Waals surface area (Å²) in [6, 6.07) is 5.93. The summed E-state index contributed by atoms with van der Waals surface area (Å²) in [4.78, 5) is 15.7. The summed E-state index contributed by atoms with van der Waals surface area (Å²) in [5.41, 5.74) is 2.40. The van der Waals surface area contributed by atoms with Crippen LogP contribution in [0.25, 0.3) is 0 Å². The second-order valence-corrected chi connectivity index (χ2v) is 5.56. The summed E-state index contributed by atoms with van der Waals surface area (Å²) < 4.78 is 5.96. The minimum absolute atomic E-state index is 0.336. The number of rotatable bonds is 4. The number of benzene rings is 1. The van der Waals surface area contributed by atoms with E-state index in [1.807, 2.05) is 25.1 Å². The van der Waals surface area contributed by atoms with Crippen molar-refractivity contribution in [2.24, 2.45) is 0 Å². The van der Waals surface area contributed by atoms with Gasteiger partial charge in [-0.25, -0.2) is 9.78 Å². The molecular weight excluding hydrogens is 328 g/mol. The number of aryl methyl sites for hydroxylation is 1. The number of nitrogens with zero attached hydrogens (tertiary/aromatic N) is 1. The van der Waals surface area contributed by atoms with Crippen LogP contribution in [-0.2, 0) is 4.74 Å². The lowest BCUT2D eigenvalue weighted by Crippen LogP contribution is -2.05. The first-order valence-corrected chi connectivity index (χ1v) is 7.43. The molecule has 1 N–H and O–H groups in total. The van der Waals surface area contributed by atoms with E-state index in [9.17, 15) is 4.79 Å². The van der Waals surface area contributed by atoms with Crippen LogP contribution in [-0.4, -0.2) is 17.6 Å². The first kappa shape index (κ1) is 14.0. The normalized spacial score (nSPS) is 10.3. The van der Waals surface area contributed by atoms with Crippen LogP contribution in [0.5, 0.6) is 0 Å². The van der Waals surface area contributed by atoms with Gasteiger partial charge >= 0.3 is 5.97 Å². The van der Waals surface area contributed by atoms with Gasteiger partial charge in [0.25, 0.3) is 0 Å². The van der Waals surface area contributed by atoms with Gasteiger partial charge in [0.1, 0.15) is 0 Å². The maximum Gasteiger partial charge on any atom is 0.357 e. The molecule has 0 radical (unpaired) electrons. The molecule has 0 atom stereocenters. The molecule has 0 aliphatic rings. The van der Waals surface area contributed by atoms with Crippen molar-refractivity contribution in [2.75, 3.05) is 11.9 Å². The molecule has 0 aliphatic heterocycles. The third-order valence-electron chi connectivity index (χ3n) is 2.40. The molecule has 0 fully saturated rings. The molecule has 1 heterocycles. The number of esters is 1. The van der Waals surface area contributed by atoms with Crippen molar-refractivity contribution < 1.29 is 9.53 Å². The fourth-order valence-electron chi connectivity index (χ4n) is 1.48. The molecule has 0 unspecified atom stereocenters. The molecule has 19 heavy (non-hydrogen) atoms. The minimum atomic E-state index is -0.390. The average molecular weight is 341 g/mol. The van der Waals surface area contributed by atoms with Crippen molar-refractivity contribution >= 4 is 44.1 Å². The van der Waals surface area contributed by atoms with Crippen molar-refractivity contribution in [3.05, 3.63) is 39.3 Å². The highest BCUT2D eigenvalue weighted by Gasteiger charge is 2.11. The van der Waals surface area contributed by atoms with Gasteiger partial charge in [0.2, 0.25) is 0 Å². The Balaban J connectivity index is 2.11. The van der Waals surface area contributed by atoms with Gasteiger partial charge in [0, 0.05) is 15.5 Å². The van der Waals surface area contributed by atoms with Gasteiger partial charge in [0.15, 0.2) is 10.8 Å². The number of thiazole rings is 1. The predicted octanol–water partition coefficient (Wildman–Crippen LogP) is 4.13. The molecule has 6 heteroatoms. The van der Waals surface area contributed by atoms with Crippen LogP contribution in [0.3, 0.4) is 0 Å². The molecule has 0 saturated heterocycles. The number of carbonyl (C=O) groups is 1. The van der Waals surface area contributed by atoms with Crippen LogP contribution in [0.15, 0.2) is 28.1 Å². The quantitative estimate of drug-likeness (QED) is 0.850. The van der Waals surface area contributed by atoms with Crippen molar-refractivity contribution in [1.29, 1.82) is 0 Å². The Labute approximate surface area is 124 Å². The lowest BCUT2D eigenvalue weighted by atomic mass is 10.2. The van der Waals surface area contributed by atoms with Crippen molar-refractivity contribution in [1.82, 2.24) is 4.98 Å². The molecule has 1 aromatic heterocycles. The highest BCUT2D eigenvalue weighted by Crippen LogP contribution is 2.25. The smallest absolute Gasteiger partial charge is 0.357 e. The number of hydrogen-bond acceptors (Lipinski definition) is 5. The molecule has 100 valence electrons. The maximum absolute atomic E-state index is 11.5. The highest BCUT2D eigenvalue weighted by atomic mass is 79.9. The molecule has 0 saturated carbocycles. The first-order chi connectivity index (χ1) is 9.10. The summed E-state index contributed by atoms with van der Waals surface area (Å²) >= 11 is 4.83. The van der Waals surface area contributed by atoms with Crippen LogP contribution in [0.4, 0.5) is 10.8 Å². The maximum atomic E-state index is 11.5.